The number of hydrogen-bond acceptors (Lipinski definition) is 4. The Morgan fingerprint density at radius 1 is 0.750 bits per heavy atom. The second kappa shape index (κ2) is 9.76. The average Bonchev–Trinajstić information content (AvgIpc) is 2.80. The van der Waals surface area contributed by atoms with Crippen molar-refractivity contribution in [2.75, 3.05) is 78.9 Å². The molecule has 0 radical (unpaired) electrons. The number of rotatable bonds is 3. The van der Waals surface area contributed by atoms with Gasteiger partial charge >= 0.3 is 0 Å². The number of hydrogen-bond donors (Lipinski definition) is 0. The van der Waals surface area contributed by atoms with E-state index >= 15 is 0 Å². The molecule has 154 valence electrons. The molecule has 0 aliphatic carbocycles. The number of thiocarbonyl (C=S) groups is 1. The van der Waals surface area contributed by atoms with Crippen LogP contribution in [0.1, 0.15) is 0 Å². The lowest BCUT2D eigenvalue weighted by molar-refractivity contribution is 0.0576. The highest BCUT2D eigenvalue weighted by Crippen LogP contribution is 2.56. The lowest BCUT2D eigenvalue weighted by atomic mass is 10.4. The van der Waals surface area contributed by atoms with Gasteiger partial charge in [-0.15, -0.1) is 0 Å². The van der Waals surface area contributed by atoms with E-state index in [-0.39, 0.29) is 0 Å². The van der Waals surface area contributed by atoms with Crippen molar-refractivity contribution in [3.63, 3.8) is 0 Å². The van der Waals surface area contributed by atoms with Crippen molar-refractivity contribution in [2.45, 2.75) is 0 Å². The minimum Gasteiger partial charge on any atom is -0.379 e. The maximum absolute atomic E-state index is 5.88. The van der Waals surface area contributed by atoms with Gasteiger partial charge < -0.3 is 19.1 Å². The van der Waals surface area contributed by atoms with Crippen LogP contribution >= 0.6 is 19.6 Å². The summed E-state index contributed by atoms with van der Waals surface area (Å²) in [5.41, 5.74) is 0. The third kappa shape index (κ3) is 4.33. The number of morpholine rings is 3. The zero-order valence-corrected chi connectivity index (χ0v) is 18.0. The zero-order valence-electron chi connectivity index (χ0n) is 16.2. The maximum Gasteiger partial charge on any atom is 0.196 e. The summed E-state index contributed by atoms with van der Waals surface area (Å²) in [4.78, 5) is 2.19. The lowest BCUT2D eigenvalue weighted by Gasteiger charge is -2.47. The minimum atomic E-state index is -2.21. The topological polar surface area (TPSA) is 49.8 Å². The van der Waals surface area contributed by atoms with E-state index in [4.69, 9.17) is 31.2 Å². The van der Waals surface area contributed by atoms with Gasteiger partial charge in [0.2, 0.25) is 0 Å². The molecule has 0 spiro atoms. The molecule has 0 bridgehead atoms. The van der Waals surface area contributed by atoms with Gasteiger partial charge in [-0.25, -0.2) is 14.1 Å². The Balaban J connectivity index is 1.81. The molecule has 3 heterocycles. The van der Waals surface area contributed by atoms with Crippen molar-refractivity contribution < 1.29 is 14.2 Å². The molecule has 0 unspecified atom stereocenters. The highest BCUT2D eigenvalue weighted by atomic mass is 32.1. The molecule has 3 aliphatic heterocycles. The Morgan fingerprint density at radius 3 is 1.71 bits per heavy atom. The first-order chi connectivity index (χ1) is 13.8. The summed E-state index contributed by atoms with van der Waals surface area (Å²) in [5.74, 6) is 0. The fourth-order valence-electron chi connectivity index (χ4n) is 3.92. The fraction of sp³-hybridized carbons (Fsp3) is 0.632. The molecule has 3 fully saturated rings. The van der Waals surface area contributed by atoms with Crippen LogP contribution < -0.4 is 5.30 Å². The van der Waals surface area contributed by atoms with Crippen molar-refractivity contribution in [1.29, 1.82) is 0 Å². The summed E-state index contributed by atoms with van der Waals surface area (Å²) < 4.78 is 27.3. The highest BCUT2D eigenvalue weighted by Gasteiger charge is 2.39. The van der Waals surface area contributed by atoms with Crippen LogP contribution in [0.25, 0.3) is 0 Å². The monoisotopic (exact) mass is 424 g/mol. The molecule has 3 aliphatic rings. The Labute approximate surface area is 172 Å². The van der Waals surface area contributed by atoms with Gasteiger partial charge in [0.25, 0.3) is 0 Å². The van der Waals surface area contributed by atoms with Crippen molar-refractivity contribution in [1.82, 2.24) is 14.2 Å². The highest BCUT2D eigenvalue weighted by molar-refractivity contribution is 7.81. The van der Waals surface area contributed by atoms with Crippen molar-refractivity contribution in [2.24, 2.45) is 4.74 Å². The van der Waals surface area contributed by atoms with Gasteiger partial charge in [0.15, 0.2) is 5.11 Å². The third-order valence-electron chi connectivity index (χ3n) is 5.37. The molecule has 0 aromatic heterocycles. The second-order valence-corrected chi connectivity index (χ2v) is 10.4. The molecular weight excluding hydrogens is 395 g/mol. The van der Waals surface area contributed by atoms with E-state index in [1.807, 2.05) is 0 Å². The van der Waals surface area contributed by atoms with Crippen LogP contribution in [-0.4, -0.2) is 98.3 Å². The van der Waals surface area contributed by atoms with Gasteiger partial charge in [-0.2, -0.15) is 0 Å². The van der Waals surface area contributed by atoms with Gasteiger partial charge in [0, 0.05) is 44.6 Å². The SMILES string of the molecule is S=C(N=P(c1ccccc1)(N1CCOCC1)N1CCOCC1)N1CCOCC1. The van der Waals surface area contributed by atoms with Gasteiger partial charge in [-0.3, -0.25) is 0 Å². The fourth-order valence-corrected chi connectivity index (χ4v) is 8.20. The normalized spacial score (nSPS) is 22.8. The first kappa shape index (κ1) is 20.4. The van der Waals surface area contributed by atoms with Crippen molar-refractivity contribution in [3.05, 3.63) is 30.3 Å². The van der Waals surface area contributed by atoms with Crippen molar-refractivity contribution in [3.8, 4) is 0 Å². The van der Waals surface area contributed by atoms with E-state index in [2.05, 4.69) is 44.6 Å². The first-order valence-electron chi connectivity index (χ1n) is 10.0. The molecule has 28 heavy (non-hydrogen) atoms. The summed E-state index contributed by atoms with van der Waals surface area (Å²) in [5, 5.41) is 1.97. The maximum atomic E-state index is 5.88. The summed E-state index contributed by atoms with van der Waals surface area (Å²) in [6.07, 6.45) is 0. The van der Waals surface area contributed by atoms with Crippen LogP contribution in [0, 0.1) is 0 Å². The van der Waals surface area contributed by atoms with E-state index in [9.17, 15) is 0 Å². The van der Waals surface area contributed by atoms with Crippen LogP contribution in [-0.2, 0) is 14.2 Å². The number of benzene rings is 1. The van der Waals surface area contributed by atoms with Gasteiger partial charge in [0.05, 0.1) is 39.6 Å². The third-order valence-corrected chi connectivity index (χ3v) is 9.69. The van der Waals surface area contributed by atoms with Crippen LogP contribution in [0.4, 0.5) is 0 Å². The number of ether oxygens (including phenoxy) is 3. The molecule has 1 aromatic rings. The van der Waals surface area contributed by atoms with Crippen LogP contribution in [0.15, 0.2) is 35.1 Å². The predicted octanol–water partition coefficient (Wildman–Crippen LogP) is 1.62. The summed E-state index contributed by atoms with van der Waals surface area (Å²) in [7, 11) is -2.21. The minimum absolute atomic E-state index is 0.707. The van der Waals surface area contributed by atoms with E-state index in [1.54, 1.807) is 0 Å². The molecule has 0 amide bonds. The van der Waals surface area contributed by atoms with E-state index in [1.165, 1.54) is 5.30 Å². The van der Waals surface area contributed by atoms with Crippen molar-refractivity contribution >= 4 is 30.0 Å². The quantitative estimate of drug-likeness (QED) is 0.540. The first-order valence-corrected chi connectivity index (χ1v) is 12.1. The predicted molar refractivity (Wildman–Crippen MR) is 115 cm³/mol. The van der Waals surface area contributed by atoms with E-state index < -0.39 is 7.36 Å². The van der Waals surface area contributed by atoms with Crippen LogP contribution in [0.5, 0.6) is 0 Å². The molecule has 0 N–H and O–H groups in total. The molecule has 0 atom stereocenters. The standard InChI is InChI=1S/C19H29N4O3PS/c28-19(21-6-12-24-13-7-21)20-27(18-4-2-1-3-5-18,22-8-14-25-15-9-22)23-10-16-26-17-11-23/h1-5H,6-17H2. The van der Waals surface area contributed by atoms with Crippen LogP contribution in [0.2, 0.25) is 0 Å². The zero-order chi connectivity index (χ0) is 19.2. The summed E-state index contributed by atoms with van der Waals surface area (Å²) in [6, 6.07) is 10.7. The second-order valence-electron chi connectivity index (χ2n) is 7.02. The summed E-state index contributed by atoms with van der Waals surface area (Å²) >= 11 is 5.88. The Kier molecular flexibility index (Phi) is 7.12. The largest absolute Gasteiger partial charge is 0.379 e. The molecule has 0 saturated carbocycles. The Hall–Kier alpha value is -0.860. The summed E-state index contributed by atoms with van der Waals surface area (Å²) in [6.45, 7) is 9.46. The molecule has 9 heteroatoms. The molecular formula is C19H29N4O3PS. The van der Waals surface area contributed by atoms with Gasteiger partial charge in [0.1, 0.15) is 7.36 Å². The van der Waals surface area contributed by atoms with Gasteiger partial charge in [-0.05, 0) is 12.2 Å². The molecule has 3 saturated heterocycles. The molecule has 4 rings (SSSR count). The van der Waals surface area contributed by atoms with E-state index in [0.29, 0.717) is 18.3 Å². The smallest absolute Gasteiger partial charge is 0.196 e. The average molecular weight is 425 g/mol. The van der Waals surface area contributed by atoms with E-state index in [0.717, 1.165) is 65.7 Å². The Bertz CT molecular complexity index is 680. The van der Waals surface area contributed by atoms with Gasteiger partial charge in [-0.1, -0.05) is 30.3 Å². The molecule has 1 aromatic carbocycles. The molecule has 7 nitrogen and oxygen atoms in total. The van der Waals surface area contributed by atoms with Crippen LogP contribution in [0.3, 0.4) is 0 Å². The Morgan fingerprint density at radius 2 is 1.21 bits per heavy atom. The lowest BCUT2D eigenvalue weighted by Crippen LogP contribution is -2.47. The number of nitrogens with zero attached hydrogens (tertiary/aromatic N) is 4.